The topological polar surface area (TPSA) is 51.2 Å². The number of hydrogen-bond donors (Lipinski definition) is 0. The molecule has 2 aliphatic rings. The summed E-state index contributed by atoms with van der Waals surface area (Å²) < 4.78 is 0. The Morgan fingerprint density at radius 2 is 1.54 bits per heavy atom. The predicted molar refractivity (Wildman–Crippen MR) is 93.1 cm³/mol. The number of fused-ring (bicyclic) bond motifs is 1. The van der Waals surface area contributed by atoms with Crippen LogP contribution in [0.3, 0.4) is 0 Å². The normalized spacial score (nSPS) is 34.0. The van der Waals surface area contributed by atoms with Gasteiger partial charge in [-0.15, -0.1) is 0 Å². The fourth-order valence-corrected chi connectivity index (χ4v) is 4.62. The molecular formula is C21H26O3. The van der Waals surface area contributed by atoms with Crippen molar-refractivity contribution in [3.8, 4) is 0 Å². The summed E-state index contributed by atoms with van der Waals surface area (Å²) in [6, 6.07) is 3.65. The number of benzene rings is 1. The summed E-state index contributed by atoms with van der Waals surface area (Å²) in [5.74, 6) is -1.88. The molecule has 0 heterocycles. The number of carbonyl (C=O) groups excluding carboxylic acids is 3. The Morgan fingerprint density at radius 3 is 2.12 bits per heavy atom. The first-order chi connectivity index (χ1) is 10.9. The third-order valence-corrected chi connectivity index (χ3v) is 7.45. The summed E-state index contributed by atoms with van der Waals surface area (Å²) in [6.07, 6.45) is 0.688. The average Bonchev–Trinajstić information content (AvgIpc) is 3.10. The van der Waals surface area contributed by atoms with E-state index in [2.05, 4.69) is 0 Å². The van der Waals surface area contributed by atoms with E-state index < -0.39 is 16.7 Å². The van der Waals surface area contributed by atoms with Crippen LogP contribution in [0.1, 0.15) is 61.2 Å². The van der Waals surface area contributed by atoms with E-state index in [4.69, 9.17) is 0 Å². The van der Waals surface area contributed by atoms with Crippen LogP contribution < -0.4 is 0 Å². The zero-order valence-electron chi connectivity index (χ0n) is 15.7. The van der Waals surface area contributed by atoms with Gasteiger partial charge in [0.1, 0.15) is 5.92 Å². The van der Waals surface area contributed by atoms with Crippen LogP contribution in [0.5, 0.6) is 0 Å². The standard InChI is InChI=1S/C21H26O3/c1-11-8-9-14(13(3)12(11)2)16(22)15-17(23)19(4,5)21(7)10-20(21,6)18(15)24/h8-9,15H,10H2,1-7H3. The lowest BCUT2D eigenvalue weighted by atomic mass is 9.58. The Hall–Kier alpha value is -1.77. The second-order valence-corrected chi connectivity index (χ2v) is 8.67. The molecule has 0 spiro atoms. The summed E-state index contributed by atoms with van der Waals surface area (Å²) in [4.78, 5) is 39.3. The Labute approximate surface area is 143 Å². The second kappa shape index (κ2) is 4.65. The molecule has 24 heavy (non-hydrogen) atoms. The highest BCUT2D eigenvalue weighted by molar-refractivity contribution is 6.29. The quantitative estimate of drug-likeness (QED) is 0.609. The third-order valence-electron chi connectivity index (χ3n) is 7.45. The SMILES string of the molecule is Cc1ccc(C(=O)C2C(=O)C(C)(C)C3(C)CC3(C)C2=O)c(C)c1C. The molecule has 128 valence electrons. The van der Waals surface area contributed by atoms with Crippen molar-refractivity contribution in [1.82, 2.24) is 0 Å². The number of carbonyl (C=O) groups is 3. The largest absolute Gasteiger partial charge is 0.298 e. The Morgan fingerprint density at radius 1 is 0.958 bits per heavy atom. The van der Waals surface area contributed by atoms with Crippen molar-refractivity contribution in [2.45, 2.75) is 54.9 Å². The fourth-order valence-electron chi connectivity index (χ4n) is 4.62. The van der Waals surface area contributed by atoms with Gasteiger partial charge in [-0.2, -0.15) is 0 Å². The van der Waals surface area contributed by atoms with E-state index in [-0.39, 0.29) is 22.8 Å². The van der Waals surface area contributed by atoms with Gasteiger partial charge in [-0.3, -0.25) is 14.4 Å². The van der Waals surface area contributed by atoms with E-state index in [9.17, 15) is 14.4 Å². The van der Waals surface area contributed by atoms with Gasteiger partial charge in [-0.1, -0.05) is 39.8 Å². The van der Waals surface area contributed by atoms with Gasteiger partial charge in [-0.05, 0) is 49.3 Å². The second-order valence-electron chi connectivity index (χ2n) is 8.67. The molecule has 1 aromatic rings. The molecule has 2 fully saturated rings. The molecule has 3 unspecified atom stereocenters. The van der Waals surface area contributed by atoms with E-state index in [1.165, 1.54) is 0 Å². The molecule has 0 bridgehead atoms. The molecule has 0 radical (unpaired) electrons. The smallest absolute Gasteiger partial charge is 0.181 e. The molecule has 0 aromatic heterocycles. The third kappa shape index (κ3) is 1.76. The minimum atomic E-state index is -1.15. The Kier molecular flexibility index (Phi) is 3.31. The maximum atomic E-state index is 13.2. The number of hydrogen-bond acceptors (Lipinski definition) is 3. The van der Waals surface area contributed by atoms with Gasteiger partial charge < -0.3 is 0 Å². The number of rotatable bonds is 2. The van der Waals surface area contributed by atoms with Gasteiger partial charge in [0.05, 0.1) is 0 Å². The van der Waals surface area contributed by atoms with Crippen molar-refractivity contribution in [3.63, 3.8) is 0 Å². The van der Waals surface area contributed by atoms with E-state index in [1.807, 2.05) is 54.5 Å². The summed E-state index contributed by atoms with van der Waals surface area (Å²) in [6.45, 7) is 13.5. The van der Waals surface area contributed by atoms with E-state index in [0.29, 0.717) is 12.0 Å². The van der Waals surface area contributed by atoms with Crippen molar-refractivity contribution < 1.29 is 14.4 Å². The fraction of sp³-hybridized carbons (Fsp3) is 0.571. The minimum Gasteiger partial charge on any atom is -0.298 e. The molecule has 3 atom stereocenters. The first-order valence-corrected chi connectivity index (χ1v) is 8.60. The average molecular weight is 326 g/mol. The summed E-state index contributed by atoms with van der Waals surface area (Å²) >= 11 is 0. The molecular weight excluding hydrogens is 300 g/mol. The monoisotopic (exact) mass is 326 g/mol. The lowest BCUT2D eigenvalue weighted by Crippen LogP contribution is -2.53. The van der Waals surface area contributed by atoms with Crippen molar-refractivity contribution in [2.24, 2.45) is 22.2 Å². The van der Waals surface area contributed by atoms with E-state index in [0.717, 1.165) is 16.7 Å². The van der Waals surface area contributed by atoms with Gasteiger partial charge in [0, 0.05) is 16.4 Å². The van der Waals surface area contributed by atoms with E-state index >= 15 is 0 Å². The van der Waals surface area contributed by atoms with Crippen molar-refractivity contribution >= 4 is 17.3 Å². The molecule has 0 aliphatic heterocycles. The first kappa shape index (κ1) is 17.1. The highest BCUT2D eigenvalue weighted by Gasteiger charge is 2.78. The van der Waals surface area contributed by atoms with Gasteiger partial charge in [0.2, 0.25) is 0 Å². The van der Waals surface area contributed by atoms with Crippen LogP contribution >= 0.6 is 0 Å². The van der Waals surface area contributed by atoms with Gasteiger partial charge >= 0.3 is 0 Å². The van der Waals surface area contributed by atoms with Gasteiger partial charge in [-0.25, -0.2) is 0 Å². The highest BCUT2D eigenvalue weighted by atomic mass is 16.2. The summed E-state index contributed by atoms with van der Waals surface area (Å²) in [5, 5.41) is 0. The minimum absolute atomic E-state index is 0.183. The van der Waals surface area contributed by atoms with Gasteiger partial charge in [0.25, 0.3) is 0 Å². The zero-order chi connectivity index (χ0) is 18.2. The molecule has 0 saturated heterocycles. The molecule has 3 nitrogen and oxygen atoms in total. The maximum absolute atomic E-state index is 13.2. The molecule has 3 rings (SSSR count). The summed E-state index contributed by atoms with van der Waals surface area (Å²) in [5.41, 5.74) is 1.97. The van der Waals surface area contributed by atoms with Crippen LogP contribution in [0.4, 0.5) is 0 Å². The van der Waals surface area contributed by atoms with E-state index in [1.54, 1.807) is 6.07 Å². The maximum Gasteiger partial charge on any atom is 0.181 e. The Balaban J connectivity index is 2.10. The number of ketones is 3. The number of Topliss-reactive ketones (excluding diaryl/α,β-unsaturated/α-hetero) is 3. The van der Waals surface area contributed by atoms with Crippen molar-refractivity contribution in [1.29, 1.82) is 0 Å². The molecule has 2 aliphatic carbocycles. The molecule has 2 saturated carbocycles. The van der Waals surface area contributed by atoms with Crippen LogP contribution in [0.15, 0.2) is 12.1 Å². The Bertz CT molecular complexity index is 802. The predicted octanol–water partition coefficient (Wildman–Crippen LogP) is 4.01. The molecule has 0 N–H and O–H groups in total. The summed E-state index contributed by atoms with van der Waals surface area (Å²) in [7, 11) is 0. The van der Waals surface area contributed by atoms with Crippen molar-refractivity contribution in [2.75, 3.05) is 0 Å². The highest BCUT2D eigenvalue weighted by Crippen LogP contribution is 2.75. The van der Waals surface area contributed by atoms with Crippen LogP contribution in [0, 0.1) is 42.9 Å². The number of aryl methyl sites for hydroxylation is 1. The van der Waals surface area contributed by atoms with Crippen molar-refractivity contribution in [3.05, 3.63) is 34.4 Å². The van der Waals surface area contributed by atoms with Crippen LogP contribution in [0.25, 0.3) is 0 Å². The van der Waals surface area contributed by atoms with Crippen LogP contribution in [-0.4, -0.2) is 17.3 Å². The lowest BCUT2D eigenvalue weighted by Gasteiger charge is -2.41. The molecule has 1 aromatic carbocycles. The van der Waals surface area contributed by atoms with Gasteiger partial charge in [0.15, 0.2) is 17.3 Å². The molecule has 3 heteroatoms. The lowest BCUT2D eigenvalue weighted by molar-refractivity contribution is -0.148. The van der Waals surface area contributed by atoms with Crippen LogP contribution in [0.2, 0.25) is 0 Å². The van der Waals surface area contributed by atoms with Crippen LogP contribution in [-0.2, 0) is 9.59 Å². The zero-order valence-corrected chi connectivity index (χ0v) is 15.7. The first-order valence-electron chi connectivity index (χ1n) is 8.60. The molecule has 0 amide bonds.